The zero-order valence-electron chi connectivity index (χ0n) is 14.4. The summed E-state index contributed by atoms with van der Waals surface area (Å²) < 4.78 is 11.4. The number of amides is 1. The van der Waals surface area contributed by atoms with E-state index in [-0.39, 0.29) is 18.2 Å². The minimum absolute atomic E-state index is 0.00284. The Morgan fingerprint density at radius 2 is 1.88 bits per heavy atom. The summed E-state index contributed by atoms with van der Waals surface area (Å²) in [7, 11) is 3.58. The molecule has 0 aliphatic carbocycles. The molecule has 0 saturated carbocycles. The van der Waals surface area contributed by atoms with Crippen LogP contribution >= 0.6 is 0 Å². The second-order valence-electron chi connectivity index (χ2n) is 6.05. The molecule has 1 aliphatic rings. The molecule has 0 unspecified atom stereocenters. The molecule has 2 aromatic carbocycles. The number of benzene rings is 2. The smallest absolute Gasteiger partial charge is 0.255 e. The number of hydrogen-bond donors (Lipinski definition) is 1. The van der Waals surface area contributed by atoms with Crippen LogP contribution in [0.25, 0.3) is 0 Å². The van der Waals surface area contributed by atoms with Crippen LogP contribution in [-0.4, -0.2) is 26.2 Å². The highest BCUT2D eigenvalue weighted by molar-refractivity contribution is 6.02. The molecule has 0 radical (unpaired) electrons. The first kappa shape index (κ1) is 16.2. The van der Waals surface area contributed by atoms with E-state index in [1.165, 1.54) is 0 Å². The highest BCUT2D eigenvalue weighted by Crippen LogP contribution is 2.40. The van der Waals surface area contributed by atoms with Gasteiger partial charge in [0.2, 0.25) is 0 Å². The van der Waals surface area contributed by atoms with Crippen molar-refractivity contribution in [2.75, 3.05) is 19.1 Å². The van der Waals surface area contributed by atoms with Crippen LogP contribution in [0.5, 0.6) is 11.5 Å². The van der Waals surface area contributed by atoms with Crippen LogP contribution in [0.4, 0.5) is 5.69 Å². The van der Waals surface area contributed by atoms with Gasteiger partial charge < -0.3 is 19.7 Å². The Morgan fingerprint density at radius 3 is 2.58 bits per heavy atom. The molecule has 0 fully saturated rings. The predicted octanol–water partition coefficient (Wildman–Crippen LogP) is 3.36. The highest BCUT2D eigenvalue weighted by atomic mass is 16.5. The Kier molecular flexibility index (Phi) is 4.34. The number of carbonyl (C=O) groups excluding carboxylic acids is 1. The standard InChI is InChI=1S/C19H22N2O3/c1-12(2)24-17-14(9-7-11-16(17)23-4)18-20-19(22)13-8-5-6-10-15(13)21(18)3/h5-12,18H,1-4H3,(H,20,22)/t18-/m0/s1. The van der Waals surface area contributed by atoms with Gasteiger partial charge in [-0.15, -0.1) is 0 Å². The van der Waals surface area contributed by atoms with Gasteiger partial charge in [-0.1, -0.05) is 24.3 Å². The Morgan fingerprint density at radius 1 is 1.12 bits per heavy atom. The SMILES string of the molecule is COc1cccc([C@H]2NC(=O)c3ccccc3N2C)c1OC(C)C. The van der Waals surface area contributed by atoms with Crippen molar-refractivity contribution in [3.63, 3.8) is 0 Å². The maximum Gasteiger partial charge on any atom is 0.255 e. The number of nitrogens with zero attached hydrogens (tertiary/aromatic N) is 1. The monoisotopic (exact) mass is 326 g/mol. The molecule has 5 heteroatoms. The third kappa shape index (κ3) is 2.77. The van der Waals surface area contributed by atoms with Crippen LogP contribution in [0.1, 0.15) is 35.9 Å². The lowest BCUT2D eigenvalue weighted by atomic mass is 10.0. The van der Waals surface area contributed by atoms with Gasteiger partial charge in [-0.3, -0.25) is 4.79 Å². The van der Waals surface area contributed by atoms with E-state index in [9.17, 15) is 4.79 Å². The molecule has 0 saturated heterocycles. The fourth-order valence-corrected chi connectivity index (χ4v) is 2.97. The van der Waals surface area contributed by atoms with Crippen LogP contribution in [-0.2, 0) is 0 Å². The molecule has 126 valence electrons. The normalized spacial score (nSPS) is 16.6. The lowest BCUT2D eigenvalue weighted by Gasteiger charge is -2.37. The quantitative estimate of drug-likeness (QED) is 0.936. The maximum absolute atomic E-state index is 12.5. The fraction of sp³-hybridized carbons (Fsp3) is 0.316. The summed E-state index contributed by atoms with van der Waals surface area (Å²) in [6, 6.07) is 13.3. The topological polar surface area (TPSA) is 50.8 Å². The summed E-state index contributed by atoms with van der Waals surface area (Å²) in [5.74, 6) is 1.22. The predicted molar refractivity (Wildman–Crippen MR) is 93.8 cm³/mol. The molecule has 1 atom stereocenters. The molecule has 1 heterocycles. The molecule has 1 N–H and O–H groups in total. The molecule has 24 heavy (non-hydrogen) atoms. The molecular weight excluding hydrogens is 304 g/mol. The first-order chi connectivity index (χ1) is 11.5. The number of anilines is 1. The number of hydrogen-bond acceptors (Lipinski definition) is 4. The molecule has 0 bridgehead atoms. The van der Waals surface area contributed by atoms with Crippen molar-refractivity contribution in [3.05, 3.63) is 53.6 Å². The van der Waals surface area contributed by atoms with Crippen LogP contribution in [0.3, 0.4) is 0 Å². The second-order valence-corrected chi connectivity index (χ2v) is 6.05. The van der Waals surface area contributed by atoms with E-state index in [1.807, 2.05) is 68.3 Å². The van der Waals surface area contributed by atoms with Crippen LogP contribution in [0.2, 0.25) is 0 Å². The third-order valence-corrected chi connectivity index (χ3v) is 4.06. The minimum Gasteiger partial charge on any atom is -0.493 e. The second kappa shape index (κ2) is 6.43. The Balaban J connectivity index is 2.08. The van der Waals surface area contributed by atoms with Crippen molar-refractivity contribution >= 4 is 11.6 Å². The number of rotatable bonds is 4. The van der Waals surface area contributed by atoms with Crippen LogP contribution < -0.4 is 19.7 Å². The third-order valence-electron chi connectivity index (χ3n) is 4.06. The summed E-state index contributed by atoms with van der Waals surface area (Å²) in [5, 5.41) is 3.06. The van der Waals surface area contributed by atoms with Gasteiger partial charge >= 0.3 is 0 Å². The summed E-state index contributed by atoms with van der Waals surface area (Å²) in [4.78, 5) is 14.5. The van der Waals surface area contributed by atoms with Crippen LogP contribution in [0.15, 0.2) is 42.5 Å². The first-order valence-electron chi connectivity index (χ1n) is 7.99. The summed E-state index contributed by atoms with van der Waals surface area (Å²) in [6.07, 6.45) is -0.326. The molecular formula is C19H22N2O3. The molecule has 2 aromatic rings. The van der Waals surface area contributed by atoms with Crippen molar-refractivity contribution in [1.82, 2.24) is 5.32 Å². The average Bonchev–Trinajstić information content (AvgIpc) is 2.58. The molecule has 1 aliphatic heterocycles. The Labute approximate surface area is 142 Å². The summed E-state index contributed by atoms with van der Waals surface area (Å²) in [5.41, 5.74) is 2.43. The molecule has 0 spiro atoms. The van der Waals surface area contributed by atoms with E-state index < -0.39 is 0 Å². The number of methoxy groups -OCH3 is 1. The van der Waals surface area contributed by atoms with E-state index in [0.29, 0.717) is 17.1 Å². The number of fused-ring (bicyclic) bond motifs is 1. The van der Waals surface area contributed by atoms with E-state index in [2.05, 4.69) is 5.32 Å². The van der Waals surface area contributed by atoms with Gasteiger partial charge in [0, 0.05) is 12.6 Å². The van der Waals surface area contributed by atoms with E-state index in [0.717, 1.165) is 11.3 Å². The van der Waals surface area contributed by atoms with Gasteiger partial charge in [0.1, 0.15) is 6.17 Å². The van der Waals surface area contributed by atoms with Gasteiger partial charge in [-0.25, -0.2) is 0 Å². The molecule has 3 rings (SSSR count). The van der Waals surface area contributed by atoms with Crippen molar-refractivity contribution in [1.29, 1.82) is 0 Å². The minimum atomic E-state index is -0.323. The zero-order chi connectivity index (χ0) is 17.3. The van der Waals surface area contributed by atoms with Crippen molar-refractivity contribution in [2.45, 2.75) is 26.1 Å². The number of carbonyl (C=O) groups is 1. The van der Waals surface area contributed by atoms with Crippen molar-refractivity contribution in [2.24, 2.45) is 0 Å². The maximum atomic E-state index is 12.5. The fourth-order valence-electron chi connectivity index (χ4n) is 2.97. The first-order valence-corrected chi connectivity index (χ1v) is 7.99. The van der Waals surface area contributed by atoms with E-state index in [1.54, 1.807) is 7.11 Å². The van der Waals surface area contributed by atoms with Gasteiger partial charge in [-0.2, -0.15) is 0 Å². The molecule has 0 aromatic heterocycles. The van der Waals surface area contributed by atoms with E-state index in [4.69, 9.17) is 9.47 Å². The lowest BCUT2D eigenvalue weighted by Crippen LogP contribution is -2.44. The summed E-state index contributed by atoms with van der Waals surface area (Å²) in [6.45, 7) is 3.93. The van der Waals surface area contributed by atoms with Crippen LogP contribution in [0, 0.1) is 0 Å². The Bertz CT molecular complexity index is 758. The van der Waals surface area contributed by atoms with Gasteiger partial charge in [0.25, 0.3) is 5.91 Å². The largest absolute Gasteiger partial charge is 0.493 e. The van der Waals surface area contributed by atoms with Crippen molar-refractivity contribution in [3.8, 4) is 11.5 Å². The highest BCUT2D eigenvalue weighted by Gasteiger charge is 2.32. The van der Waals surface area contributed by atoms with Gasteiger partial charge in [-0.05, 0) is 32.0 Å². The number of ether oxygens (including phenoxy) is 2. The number of para-hydroxylation sites is 2. The van der Waals surface area contributed by atoms with Gasteiger partial charge in [0.15, 0.2) is 11.5 Å². The lowest BCUT2D eigenvalue weighted by molar-refractivity contribution is 0.0927. The molecule has 1 amide bonds. The van der Waals surface area contributed by atoms with E-state index >= 15 is 0 Å². The summed E-state index contributed by atoms with van der Waals surface area (Å²) >= 11 is 0. The molecule has 5 nitrogen and oxygen atoms in total. The van der Waals surface area contributed by atoms with Gasteiger partial charge in [0.05, 0.1) is 24.5 Å². The number of nitrogens with one attached hydrogen (secondary N) is 1. The average molecular weight is 326 g/mol. The Hall–Kier alpha value is -2.69. The van der Waals surface area contributed by atoms with Crippen molar-refractivity contribution < 1.29 is 14.3 Å². The zero-order valence-corrected chi connectivity index (χ0v) is 14.4.